The highest BCUT2D eigenvalue weighted by Gasteiger charge is 2.53. The van der Waals surface area contributed by atoms with E-state index in [1.807, 2.05) is 36.4 Å². The van der Waals surface area contributed by atoms with Gasteiger partial charge in [-0.1, -0.05) is 45.5 Å². The Kier molecular flexibility index (Phi) is 3.98. The molecule has 3 aromatic rings. The fourth-order valence-electron chi connectivity index (χ4n) is 4.97. The Morgan fingerprint density at radius 2 is 2.03 bits per heavy atom. The zero-order chi connectivity index (χ0) is 22.4. The van der Waals surface area contributed by atoms with Gasteiger partial charge in [-0.15, -0.1) is 0 Å². The van der Waals surface area contributed by atoms with Crippen LogP contribution in [-0.2, 0) is 9.59 Å². The highest BCUT2D eigenvalue weighted by atomic mass is 79.9. The molecule has 0 unspecified atom stereocenters. The maximum atomic E-state index is 13.8. The number of nitrogens with one attached hydrogen (secondary N) is 1. The van der Waals surface area contributed by atoms with Gasteiger partial charge in [-0.25, -0.2) is 4.99 Å². The van der Waals surface area contributed by atoms with Crippen molar-refractivity contribution in [2.24, 2.45) is 10.9 Å². The van der Waals surface area contributed by atoms with Crippen molar-refractivity contribution >= 4 is 50.2 Å². The highest BCUT2D eigenvalue weighted by molar-refractivity contribution is 9.10. The molecule has 0 spiro atoms. The zero-order valence-corrected chi connectivity index (χ0v) is 19.4. The van der Waals surface area contributed by atoms with E-state index in [0.29, 0.717) is 31.9 Å². The van der Waals surface area contributed by atoms with Gasteiger partial charge in [-0.05, 0) is 38.1 Å². The topological polar surface area (TPSA) is 89.8 Å². The third-order valence-corrected chi connectivity index (χ3v) is 7.79. The van der Waals surface area contributed by atoms with Gasteiger partial charge in [0, 0.05) is 21.3 Å². The number of fused-ring (bicyclic) bond motifs is 7. The molecule has 6 rings (SSSR count). The van der Waals surface area contributed by atoms with Crippen LogP contribution in [0.15, 0.2) is 56.7 Å². The Balaban J connectivity index is 1.72. The fourth-order valence-corrected chi connectivity index (χ4v) is 6.53. The number of anilines is 1. The van der Waals surface area contributed by atoms with Gasteiger partial charge in [0.25, 0.3) is 11.5 Å². The Bertz CT molecular complexity index is 1560. The second-order valence-corrected chi connectivity index (χ2v) is 10.1. The minimum atomic E-state index is -1.14. The van der Waals surface area contributed by atoms with E-state index in [2.05, 4.69) is 21.2 Å². The Labute approximate surface area is 194 Å². The van der Waals surface area contributed by atoms with Crippen molar-refractivity contribution in [3.63, 3.8) is 0 Å². The molecule has 7 nitrogen and oxygen atoms in total. The van der Waals surface area contributed by atoms with E-state index in [-0.39, 0.29) is 17.2 Å². The molecule has 0 fully saturated rings. The zero-order valence-electron chi connectivity index (χ0n) is 17.0. The van der Waals surface area contributed by atoms with Crippen LogP contribution in [0.25, 0.3) is 5.57 Å². The molecule has 1 N–H and O–H groups in total. The van der Waals surface area contributed by atoms with Crippen molar-refractivity contribution in [2.45, 2.75) is 25.6 Å². The number of rotatable bonds is 1. The van der Waals surface area contributed by atoms with Crippen LogP contribution in [0.3, 0.4) is 0 Å². The first-order valence-corrected chi connectivity index (χ1v) is 11.6. The first-order valence-electron chi connectivity index (χ1n) is 10.0. The first-order chi connectivity index (χ1) is 15.3. The number of hydrogen-bond donors (Lipinski definition) is 1. The van der Waals surface area contributed by atoms with Crippen molar-refractivity contribution in [1.29, 1.82) is 0 Å². The molecular weight excluding hydrogens is 494 g/mol. The molecule has 1 amide bonds. The SMILES string of the molecule is CC(=O)[C@@H]1[C@@H]2c3ccccc3O[C@]1(C)N=c1s/c(=C3/C(=O)Nc4ccc(Br)cc43)c(=O)n12. The lowest BCUT2D eigenvalue weighted by Crippen LogP contribution is -2.58. The van der Waals surface area contributed by atoms with Crippen molar-refractivity contribution in [2.75, 3.05) is 5.32 Å². The van der Waals surface area contributed by atoms with E-state index >= 15 is 0 Å². The van der Waals surface area contributed by atoms with Gasteiger partial charge < -0.3 is 10.1 Å². The van der Waals surface area contributed by atoms with Crippen LogP contribution in [0.4, 0.5) is 5.69 Å². The van der Waals surface area contributed by atoms with E-state index in [4.69, 9.17) is 9.73 Å². The number of carbonyl (C=O) groups is 2. The Hall–Kier alpha value is -3.04. The summed E-state index contributed by atoms with van der Waals surface area (Å²) in [6.07, 6.45) is 0. The predicted octanol–water partition coefficient (Wildman–Crippen LogP) is 2.36. The molecule has 4 heterocycles. The number of thiazole rings is 1. The number of amides is 1. The van der Waals surface area contributed by atoms with Crippen molar-refractivity contribution in [3.8, 4) is 5.75 Å². The molecule has 1 aromatic heterocycles. The number of ketones is 1. The second-order valence-electron chi connectivity index (χ2n) is 8.25. The summed E-state index contributed by atoms with van der Waals surface area (Å²) in [4.78, 5) is 44.5. The smallest absolute Gasteiger partial charge is 0.271 e. The monoisotopic (exact) mass is 509 g/mol. The number of carbonyl (C=O) groups excluding carboxylic acids is 2. The molecule has 0 aliphatic carbocycles. The molecule has 0 saturated heterocycles. The van der Waals surface area contributed by atoms with Gasteiger partial charge >= 0.3 is 0 Å². The normalized spacial score (nSPS) is 26.3. The molecule has 32 heavy (non-hydrogen) atoms. The molecule has 0 radical (unpaired) electrons. The van der Waals surface area contributed by atoms with Gasteiger partial charge in [-0.3, -0.25) is 19.0 Å². The van der Waals surface area contributed by atoms with Crippen molar-refractivity contribution in [3.05, 3.63) is 77.8 Å². The largest absolute Gasteiger partial charge is 0.465 e. The van der Waals surface area contributed by atoms with Crippen LogP contribution in [0.1, 0.15) is 31.0 Å². The molecule has 3 aliphatic heterocycles. The van der Waals surface area contributed by atoms with Gasteiger partial charge in [0.2, 0.25) is 5.72 Å². The summed E-state index contributed by atoms with van der Waals surface area (Å²) in [6.45, 7) is 3.27. The summed E-state index contributed by atoms with van der Waals surface area (Å²) in [6, 6.07) is 12.3. The molecule has 3 aliphatic rings. The Morgan fingerprint density at radius 1 is 1.25 bits per heavy atom. The molecule has 9 heteroatoms. The lowest BCUT2D eigenvalue weighted by Gasteiger charge is -2.45. The maximum absolute atomic E-state index is 13.8. The van der Waals surface area contributed by atoms with Crippen LogP contribution in [0, 0.1) is 5.92 Å². The Morgan fingerprint density at radius 3 is 2.81 bits per heavy atom. The number of Topliss-reactive ketones (excluding diaryl/α,β-unsaturated/α-hetero) is 1. The summed E-state index contributed by atoms with van der Waals surface area (Å²) >= 11 is 4.60. The first kappa shape index (κ1) is 19.6. The lowest BCUT2D eigenvalue weighted by atomic mass is 9.79. The summed E-state index contributed by atoms with van der Waals surface area (Å²) in [5, 5.41) is 2.83. The van der Waals surface area contributed by atoms with Crippen LogP contribution in [0.2, 0.25) is 0 Å². The molecule has 3 atom stereocenters. The van der Waals surface area contributed by atoms with Crippen LogP contribution >= 0.6 is 27.3 Å². The van der Waals surface area contributed by atoms with Crippen LogP contribution in [0.5, 0.6) is 5.75 Å². The maximum Gasteiger partial charge on any atom is 0.271 e. The molecular formula is C23H16BrN3O4S. The molecule has 2 aromatic carbocycles. The van der Waals surface area contributed by atoms with Gasteiger partial charge in [0.15, 0.2) is 4.80 Å². The molecule has 160 valence electrons. The average molecular weight is 510 g/mol. The number of hydrogen-bond acceptors (Lipinski definition) is 6. The van der Waals surface area contributed by atoms with Crippen molar-refractivity contribution in [1.82, 2.24) is 4.57 Å². The minimum Gasteiger partial charge on any atom is -0.465 e. The summed E-state index contributed by atoms with van der Waals surface area (Å²) in [5.41, 5.74) is 0.930. The van der Waals surface area contributed by atoms with Crippen molar-refractivity contribution < 1.29 is 14.3 Å². The number of benzene rings is 2. The van der Waals surface area contributed by atoms with E-state index < -0.39 is 17.7 Å². The van der Waals surface area contributed by atoms with Gasteiger partial charge in [0.05, 0.1) is 11.6 Å². The third-order valence-electron chi connectivity index (χ3n) is 6.25. The summed E-state index contributed by atoms with van der Waals surface area (Å²) in [7, 11) is 0. The second kappa shape index (κ2) is 6.49. The number of para-hydroxylation sites is 1. The van der Waals surface area contributed by atoms with E-state index in [9.17, 15) is 14.4 Å². The summed E-state index contributed by atoms with van der Waals surface area (Å²) in [5.74, 6) is -0.495. The summed E-state index contributed by atoms with van der Waals surface area (Å²) < 4.78 is 8.87. The lowest BCUT2D eigenvalue weighted by molar-refractivity contribution is -0.132. The number of ether oxygens (including phenoxy) is 1. The van der Waals surface area contributed by atoms with E-state index in [1.165, 1.54) is 6.92 Å². The predicted molar refractivity (Wildman–Crippen MR) is 122 cm³/mol. The average Bonchev–Trinajstić information content (AvgIpc) is 3.21. The van der Waals surface area contributed by atoms with E-state index in [1.54, 1.807) is 17.6 Å². The van der Waals surface area contributed by atoms with Crippen LogP contribution in [-0.4, -0.2) is 22.0 Å². The van der Waals surface area contributed by atoms with Gasteiger partial charge in [-0.2, -0.15) is 0 Å². The third kappa shape index (κ3) is 2.52. The van der Waals surface area contributed by atoms with Crippen LogP contribution < -0.4 is 24.9 Å². The fraction of sp³-hybridized carbons (Fsp3) is 0.217. The molecule has 0 saturated carbocycles. The molecule has 2 bridgehead atoms. The highest BCUT2D eigenvalue weighted by Crippen LogP contribution is 2.47. The van der Waals surface area contributed by atoms with E-state index in [0.717, 1.165) is 21.4 Å². The number of aromatic nitrogens is 1. The minimum absolute atomic E-state index is 0.110. The quantitative estimate of drug-likeness (QED) is 0.545. The van der Waals surface area contributed by atoms with Gasteiger partial charge in [0.1, 0.15) is 22.0 Å². The number of nitrogens with zero attached hydrogens (tertiary/aromatic N) is 2. The standard InChI is InChI=1S/C23H16BrN3O4S/c1-10(28)17-18-12-5-3-4-6-15(12)31-23(17,2)26-22-27(18)21(30)19(32-22)16-13-9-11(24)7-8-14(13)25-20(16)29/h3-9,17-18H,1-2H3,(H,25,29)/b19-16+/t17-,18+,23+/m1/s1. The number of halogens is 1.